The number of methoxy groups -OCH3 is 1. The number of esters is 1. The molecule has 0 aliphatic rings. The molecule has 0 radical (unpaired) electrons. The molecular weight excluding hydrogens is 356 g/mol. The Morgan fingerprint density at radius 3 is 2.68 bits per heavy atom. The fourth-order valence-corrected chi connectivity index (χ4v) is 3.00. The molecule has 2 aromatic carbocycles. The van der Waals surface area contributed by atoms with Crippen LogP contribution >= 0.6 is 0 Å². The lowest BCUT2D eigenvalue weighted by molar-refractivity contribution is 0.0593. The predicted molar refractivity (Wildman–Crippen MR) is 104 cm³/mol. The molecule has 0 fully saturated rings. The van der Waals surface area contributed by atoms with E-state index in [-0.39, 0.29) is 16.9 Å². The van der Waals surface area contributed by atoms with Gasteiger partial charge in [0.15, 0.2) is 11.3 Å². The smallest absolute Gasteiger partial charge is 0.357 e. The lowest BCUT2D eigenvalue weighted by Crippen LogP contribution is -2.11. The van der Waals surface area contributed by atoms with E-state index in [0.29, 0.717) is 22.7 Å². The van der Waals surface area contributed by atoms with Crippen LogP contribution in [0, 0.1) is 18.3 Å². The second-order valence-electron chi connectivity index (χ2n) is 6.32. The van der Waals surface area contributed by atoms with Crippen LogP contribution in [0.1, 0.15) is 21.6 Å². The monoisotopic (exact) mass is 372 g/mol. The van der Waals surface area contributed by atoms with Crippen molar-refractivity contribution in [1.29, 1.82) is 5.26 Å². The van der Waals surface area contributed by atoms with Crippen LogP contribution in [0.3, 0.4) is 0 Å². The molecule has 0 spiro atoms. The maximum Gasteiger partial charge on any atom is 0.357 e. The third-order valence-electron chi connectivity index (χ3n) is 4.49. The molecule has 2 N–H and O–H groups in total. The summed E-state index contributed by atoms with van der Waals surface area (Å²) in [5.74, 6) is -0.123. The summed E-state index contributed by atoms with van der Waals surface area (Å²) < 4.78 is 12.2. The first kappa shape index (κ1) is 17.4. The van der Waals surface area contributed by atoms with Gasteiger partial charge < -0.3 is 19.5 Å². The van der Waals surface area contributed by atoms with Gasteiger partial charge in [-0.1, -0.05) is 17.7 Å². The molecule has 0 unspecified atom stereocenters. The fourth-order valence-electron chi connectivity index (χ4n) is 3.00. The number of benzene rings is 2. The molecule has 0 saturated carbocycles. The largest absolute Gasteiger partial charge is 0.464 e. The first-order valence-corrected chi connectivity index (χ1v) is 8.49. The third kappa shape index (κ3) is 2.77. The van der Waals surface area contributed by atoms with Crippen molar-refractivity contribution in [1.82, 2.24) is 9.55 Å². The van der Waals surface area contributed by atoms with Crippen LogP contribution in [0.15, 0.2) is 53.1 Å². The summed E-state index contributed by atoms with van der Waals surface area (Å²) in [4.78, 5) is 16.7. The van der Waals surface area contributed by atoms with Crippen LogP contribution in [0.25, 0.3) is 28.2 Å². The molecule has 4 aromatic rings. The number of nitrogen functional groups attached to an aromatic ring is 1. The van der Waals surface area contributed by atoms with E-state index in [1.165, 1.54) is 17.9 Å². The minimum absolute atomic E-state index is 0.0763. The van der Waals surface area contributed by atoms with E-state index in [1.54, 1.807) is 18.2 Å². The third-order valence-corrected chi connectivity index (χ3v) is 4.49. The van der Waals surface area contributed by atoms with Crippen LogP contribution in [-0.2, 0) is 4.74 Å². The average Bonchev–Trinajstić information content (AvgIpc) is 3.28. The maximum atomic E-state index is 12.2. The van der Waals surface area contributed by atoms with Crippen LogP contribution in [0.2, 0.25) is 0 Å². The molecule has 0 bridgehead atoms. The van der Waals surface area contributed by atoms with E-state index in [2.05, 4.69) is 4.98 Å². The summed E-state index contributed by atoms with van der Waals surface area (Å²) in [7, 11) is 1.26. The molecule has 0 aliphatic heterocycles. The first-order chi connectivity index (χ1) is 13.5. The van der Waals surface area contributed by atoms with Crippen molar-refractivity contribution < 1.29 is 13.9 Å². The topological polar surface area (TPSA) is 107 Å². The number of aryl methyl sites for hydroxylation is 1. The van der Waals surface area contributed by atoms with Crippen molar-refractivity contribution in [3.8, 4) is 23.2 Å². The summed E-state index contributed by atoms with van der Waals surface area (Å²) in [5.41, 5.74) is 10.2. The van der Waals surface area contributed by atoms with Gasteiger partial charge in [0.2, 0.25) is 5.89 Å². The minimum Gasteiger partial charge on any atom is -0.464 e. The quantitative estimate of drug-likeness (QED) is 0.548. The summed E-state index contributed by atoms with van der Waals surface area (Å²) >= 11 is 0. The van der Waals surface area contributed by atoms with Crippen molar-refractivity contribution in [3.63, 3.8) is 0 Å². The number of nitrogens with zero attached hydrogens (tertiary/aromatic N) is 3. The summed E-state index contributed by atoms with van der Waals surface area (Å²) in [6.07, 6.45) is 1.50. The Hall–Kier alpha value is -4.05. The van der Waals surface area contributed by atoms with Crippen molar-refractivity contribution in [3.05, 3.63) is 65.5 Å². The van der Waals surface area contributed by atoms with E-state index < -0.39 is 5.97 Å². The Bertz CT molecular complexity index is 1240. The van der Waals surface area contributed by atoms with Crippen molar-refractivity contribution >= 4 is 22.8 Å². The van der Waals surface area contributed by atoms with Crippen molar-refractivity contribution in [2.75, 3.05) is 12.8 Å². The zero-order chi connectivity index (χ0) is 19.8. The molecule has 0 aliphatic carbocycles. The molecule has 2 heterocycles. The van der Waals surface area contributed by atoms with Gasteiger partial charge in [-0.05, 0) is 31.2 Å². The number of nitrogens with two attached hydrogens (primary N) is 1. The Labute approximate surface area is 160 Å². The number of oxazole rings is 1. The second kappa shape index (κ2) is 6.59. The number of carbonyl (C=O) groups is 1. The number of nitriles is 1. The Kier molecular flexibility index (Phi) is 4.09. The standard InChI is InChI=1S/C21H16N4O3/c1-12-3-5-13(6-4-12)20-24-16-8-7-15(9-17(16)28-20)25-11-14(10-22)18(23)19(25)21(26)27-2/h3-9,11H,23H2,1-2H3. The van der Waals surface area contributed by atoms with Gasteiger partial charge in [-0.25, -0.2) is 9.78 Å². The molecule has 2 aromatic heterocycles. The van der Waals surface area contributed by atoms with E-state index in [9.17, 15) is 10.1 Å². The van der Waals surface area contributed by atoms with Crippen LogP contribution in [0.4, 0.5) is 5.69 Å². The Morgan fingerprint density at radius 1 is 1.25 bits per heavy atom. The number of rotatable bonds is 3. The molecule has 28 heavy (non-hydrogen) atoms. The molecule has 7 nitrogen and oxygen atoms in total. The number of hydrogen-bond acceptors (Lipinski definition) is 6. The van der Waals surface area contributed by atoms with Crippen molar-refractivity contribution in [2.45, 2.75) is 6.92 Å². The van der Waals surface area contributed by atoms with E-state index in [1.807, 2.05) is 37.3 Å². The number of carbonyl (C=O) groups excluding carboxylic acids is 1. The molecular formula is C21H16N4O3. The Balaban J connectivity index is 1.84. The maximum absolute atomic E-state index is 12.2. The summed E-state index contributed by atoms with van der Waals surface area (Å²) in [6.45, 7) is 2.01. The van der Waals surface area contributed by atoms with Gasteiger partial charge >= 0.3 is 5.97 Å². The molecule has 4 rings (SSSR count). The highest BCUT2D eigenvalue weighted by Crippen LogP contribution is 2.29. The van der Waals surface area contributed by atoms with Gasteiger partial charge in [-0.15, -0.1) is 0 Å². The zero-order valence-electron chi connectivity index (χ0n) is 15.3. The van der Waals surface area contributed by atoms with Gasteiger partial charge in [0.25, 0.3) is 0 Å². The number of ether oxygens (including phenoxy) is 1. The molecule has 138 valence electrons. The van der Waals surface area contributed by atoms with Gasteiger partial charge in [0.05, 0.1) is 18.4 Å². The van der Waals surface area contributed by atoms with E-state index in [4.69, 9.17) is 14.9 Å². The molecule has 0 amide bonds. The van der Waals surface area contributed by atoms with Gasteiger partial charge in [-0.2, -0.15) is 5.26 Å². The van der Waals surface area contributed by atoms with Crippen LogP contribution in [0.5, 0.6) is 0 Å². The van der Waals surface area contributed by atoms with Gasteiger partial charge in [0, 0.05) is 23.5 Å². The highest BCUT2D eigenvalue weighted by molar-refractivity contribution is 5.96. The number of anilines is 1. The number of hydrogen-bond donors (Lipinski definition) is 1. The minimum atomic E-state index is -0.628. The second-order valence-corrected chi connectivity index (χ2v) is 6.32. The van der Waals surface area contributed by atoms with E-state index in [0.717, 1.165) is 11.1 Å². The fraction of sp³-hybridized carbons (Fsp3) is 0.0952. The SMILES string of the molecule is COC(=O)c1c(N)c(C#N)cn1-c1ccc2nc(-c3ccc(C)cc3)oc2c1. The predicted octanol–water partition coefficient (Wildman–Crippen LogP) is 3.83. The average molecular weight is 372 g/mol. The lowest BCUT2D eigenvalue weighted by Gasteiger charge is -2.08. The normalized spacial score (nSPS) is 10.8. The molecule has 0 atom stereocenters. The van der Waals surface area contributed by atoms with Crippen LogP contribution < -0.4 is 5.73 Å². The summed E-state index contributed by atoms with van der Waals surface area (Å²) in [6, 6.07) is 15.2. The Morgan fingerprint density at radius 2 is 2.00 bits per heavy atom. The molecule has 7 heteroatoms. The highest BCUT2D eigenvalue weighted by Gasteiger charge is 2.22. The van der Waals surface area contributed by atoms with Crippen LogP contribution in [-0.4, -0.2) is 22.6 Å². The zero-order valence-corrected chi connectivity index (χ0v) is 15.3. The number of aromatic nitrogens is 2. The van der Waals surface area contributed by atoms with Crippen molar-refractivity contribution in [2.24, 2.45) is 0 Å². The van der Waals surface area contributed by atoms with E-state index >= 15 is 0 Å². The first-order valence-electron chi connectivity index (χ1n) is 8.49. The lowest BCUT2D eigenvalue weighted by atomic mass is 10.1. The highest BCUT2D eigenvalue weighted by atomic mass is 16.5. The molecule has 0 saturated heterocycles. The number of fused-ring (bicyclic) bond motifs is 1. The van der Waals surface area contributed by atoms with Gasteiger partial charge in [-0.3, -0.25) is 0 Å². The summed E-state index contributed by atoms with van der Waals surface area (Å²) in [5, 5.41) is 9.25. The van der Waals surface area contributed by atoms with Gasteiger partial charge in [0.1, 0.15) is 11.6 Å².